The van der Waals surface area contributed by atoms with Crippen LogP contribution in [0.3, 0.4) is 0 Å². The van der Waals surface area contributed by atoms with E-state index in [1.54, 1.807) is 6.20 Å². The van der Waals surface area contributed by atoms with Gasteiger partial charge in [-0.2, -0.15) is 18.2 Å². The summed E-state index contributed by atoms with van der Waals surface area (Å²) in [7, 11) is 0. The van der Waals surface area contributed by atoms with Crippen LogP contribution in [-0.2, 0) is 22.4 Å². The van der Waals surface area contributed by atoms with Gasteiger partial charge in [0.05, 0.1) is 6.20 Å². The maximum atomic E-state index is 13.1. The van der Waals surface area contributed by atoms with Gasteiger partial charge in [0.15, 0.2) is 5.82 Å². The summed E-state index contributed by atoms with van der Waals surface area (Å²) in [4.78, 5) is 44.9. The van der Waals surface area contributed by atoms with Crippen LogP contribution in [0.4, 0.5) is 46.8 Å². The lowest BCUT2D eigenvalue weighted by Gasteiger charge is -2.32. The maximum absolute atomic E-state index is 13.1. The van der Waals surface area contributed by atoms with Gasteiger partial charge in [-0.05, 0) is 86.9 Å². The fourth-order valence-electron chi connectivity index (χ4n) is 5.01. The highest BCUT2D eigenvalue weighted by atomic mass is 35.5. The van der Waals surface area contributed by atoms with Crippen LogP contribution in [-0.4, -0.2) is 63.2 Å². The summed E-state index contributed by atoms with van der Waals surface area (Å²) in [6, 6.07) is 14.1. The molecule has 1 saturated heterocycles. The van der Waals surface area contributed by atoms with Crippen molar-refractivity contribution in [2.24, 2.45) is 5.92 Å². The molecule has 5 N–H and O–H groups in total. The van der Waals surface area contributed by atoms with E-state index in [9.17, 15) is 22.8 Å². The Labute approximate surface area is 268 Å². The Morgan fingerprint density at radius 2 is 1.76 bits per heavy atom. The molecule has 11 nitrogen and oxygen atoms in total. The predicted octanol–water partition coefficient (Wildman–Crippen LogP) is 6.51. The molecule has 2 aromatic carbocycles. The maximum Gasteiger partial charge on any atom is 0.490 e. The number of aryl methyl sites for hydroxylation is 2. The van der Waals surface area contributed by atoms with Crippen molar-refractivity contribution in [3.8, 4) is 0 Å². The lowest BCUT2D eigenvalue weighted by Crippen LogP contribution is -2.46. The Kier molecular flexibility index (Phi) is 11.3. The number of hydrogen-bond donors (Lipinski definition) is 5. The van der Waals surface area contributed by atoms with Gasteiger partial charge in [-0.25, -0.2) is 14.6 Å². The molecule has 3 heterocycles. The first-order valence-electron chi connectivity index (χ1n) is 14.7. The third-order valence-corrected chi connectivity index (χ3v) is 7.56. The summed E-state index contributed by atoms with van der Waals surface area (Å²) < 4.78 is 31.7. The van der Waals surface area contributed by atoms with Crippen LogP contribution in [0.25, 0.3) is 0 Å². The molecule has 0 atom stereocenters. The number of rotatable bonds is 4. The molecule has 2 aliphatic heterocycles. The molecule has 15 heteroatoms. The number of anilines is 5. The lowest BCUT2D eigenvalue weighted by atomic mass is 9.93. The SMILES string of the molecule is CC(C)NC(=O)N1CCC(CC(=O)Nc2ccc3cc2CCc2cccc(c2)Nc2ncc(Cl)c(n2)N3)CC1.O=C(O)C(F)(F)F. The molecule has 0 aliphatic carbocycles. The first kappa shape index (κ1) is 34.3. The zero-order chi connectivity index (χ0) is 33.4. The van der Waals surface area contributed by atoms with Gasteiger partial charge in [0.1, 0.15) is 5.02 Å². The number of carboxylic acid groups (broad SMARTS) is 1. The molecule has 46 heavy (non-hydrogen) atoms. The number of aromatic nitrogens is 2. The molecular formula is C31H35ClF3N7O4. The number of nitrogens with zero attached hydrogens (tertiary/aromatic N) is 3. The fourth-order valence-corrected chi connectivity index (χ4v) is 5.14. The molecule has 0 spiro atoms. The minimum Gasteiger partial charge on any atom is -0.475 e. The quantitative estimate of drug-likeness (QED) is 0.213. The zero-order valence-corrected chi connectivity index (χ0v) is 26.0. The molecular weight excluding hydrogens is 627 g/mol. The number of carbonyl (C=O) groups excluding carboxylic acids is 2. The van der Waals surface area contributed by atoms with Gasteiger partial charge < -0.3 is 31.3 Å². The van der Waals surface area contributed by atoms with E-state index in [-0.39, 0.29) is 23.9 Å². The number of nitrogens with one attached hydrogen (secondary N) is 4. The van der Waals surface area contributed by atoms with E-state index in [1.807, 2.05) is 49.1 Å². The third-order valence-electron chi connectivity index (χ3n) is 7.28. The minimum absolute atomic E-state index is 0.00496. The Hall–Kier alpha value is -4.59. The van der Waals surface area contributed by atoms with Crippen LogP contribution in [0, 0.1) is 5.92 Å². The molecule has 3 amide bonds. The average Bonchev–Trinajstić information content (AvgIpc) is 2.99. The normalized spacial score (nSPS) is 14.6. The van der Waals surface area contributed by atoms with Crippen molar-refractivity contribution in [1.29, 1.82) is 0 Å². The third kappa shape index (κ3) is 9.96. The molecule has 5 rings (SSSR count). The predicted molar refractivity (Wildman–Crippen MR) is 169 cm³/mol. The van der Waals surface area contributed by atoms with Crippen molar-refractivity contribution in [3.63, 3.8) is 0 Å². The highest BCUT2D eigenvalue weighted by Crippen LogP contribution is 2.30. The number of amides is 3. The molecule has 0 radical (unpaired) electrons. The highest BCUT2D eigenvalue weighted by molar-refractivity contribution is 6.32. The smallest absolute Gasteiger partial charge is 0.475 e. The van der Waals surface area contributed by atoms with Gasteiger partial charge in [0.2, 0.25) is 11.9 Å². The first-order valence-corrected chi connectivity index (χ1v) is 15.1. The summed E-state index contributed by atoms with van der Waals surface area (Å²) in [5.41, 5.74) is 4.72. The summed E-state index contributed by atoms with van der Waals surface area (Å²) in [6.45, 7) is 5.25. The highest BCUT2D eigenvalue weighted by Gasteiger charge is 2.38. The number of alkyl halides is 3. The van der Waals surface area contributed by atoms with Gasteiger partial charge in [0, 0.05) is 42.6 Å². The summed E-state index contributed by atoms with van der Waals surface area (Å²) in [5, 5.41) is 20.2. The first-order chi connectivity index (χ1) is 21.8. The molecule has 0 unspecified atom stereocenters. The summed E-state index contributed by atoms with van der Waals surface area (Å²) in [6.07, 6.45) is 0.111. The second-order valence-electron chi connectivity index (χ2n) is 11.3. The van der Waals surface area contributed by atoms with Crippen molar-refractivity contribution in [2.75, 3.05) is 29.0 Å². The van der Waals surface area contributed by atoms with Crippen LogP contribution in [0.1, 0.15) is 44.2 Å². The van der Waals surface area contributed by atoms with Crippen molar-refractivity contribution in [3.05, 3.63) is 64.8 Å². The number of likely N-dealkylation sites (tertiary alicyclic amines) is 1. The number of urea groups is 1. The van der Waals surface area contributed by atoms with E-state index in [0.29, 0.717) is 36.3 Å². The monoisotopic (exact) mass is 661 g/mol. The van der Waals surface area contributed by atoms with Crippen LogP contribution in [0.15, 0.2) is 48.7 Å². The standard InChI is InChI=1S/C29H34ClN7O2.C2HF3O2/c1-18(2)32-29(39)37-12-10-20(11-13-37)15-26(38)35-25-9-8-23-16-21(25)7-6-19-4-3-5-22(14-19)34-28-31-17-24(30)27(33-23)36-28;3-2(4,5)1(6)7/h3-5,8-9,14,16-18,20H,6-7,10-13,15H2,1-2H3,(H,32,39)(H,35,38)(H2,31,33,34,36);(H,6,7). The number of fused-ring (bicyclic) bond motifs is 6. The largest absolute Gasteiger partial charge is 0.490 e. The molecule has 2 aliphatic rings. The molecule has 1 fully saturated rings. The van der Waals surface area contributed by atoms with Gasteiger partial charge in [-0.1, -0.05) is 23.7 Å². The summed E-state index contributed by atoms with van der Waals surface area (Å²) in [5.74, 6) is -1.56. The van der Waals surface area contributed by atoms with Gasteiger partial charge >= 0.3 is 18.2 Å². The van der Waals surface area contributed by atoms with Crippen molar-refractivity contribution < 1.29 is 32.7 Å². The van der Waals surface area contributed by atoms with E-state index in [0.717, 1.165) is 53.9 Å². The van der Waals surface area contributed by atoms with Crippen molar-refractivity contribution in [1.82, 2.24) is 20.2 Å². The minimum atomic E-state index is -5.08. The van der Waals surface area contributed by atoms with Crippen LogP contribution in [0.2, 0.25) is 5.02 Å². The number of piperidine rings is 1. The van der Waals surface area contributed by atoms with Gasteiger partial charge in [-0.3, -0.25) is 4.79 Å². The Morgan fingerprint density at radius 3 is 2.43 bits per heavy atom. The Bertz CT molecular complexity index is 1560. The molecule has 3 aromatic rings. The number of halogens is 4. The number of hydrogen-bond acceptors (Lipinski definition) is 7. The van der Waals surface area contributed by atoms with Crippen molar-refractivity contribution >= 4 is 58.3 Å². The average molecular weight is 662 g/mol. The molecule has 6 bridgehead atoms. The number of carbonyl (C=O) groups is 3. The summed E-state index contributed by atoms with van der Waals surface area (Å²) >= 11 is 6.38. The fraction of sp³-hybridized carbons (Fsp3) is 0.387. The number of benzene rings is 2. The van der Waals surface area contributed by atoms with Crippen LogP contribution in [0.5, 0.6) is 0 Å². The number of aliphatic carboxylic acids is 1. The molecule has 0 saturated carbocycles. The van der Waals surface area contributed by atoms with E-state index in [2.05, 4.69) is 43.4 Å². The van der Waals surface area contributed by atoms with Gasteiger partial charge in [-0.15, -0.1) is 0 Å². The Morgan fingerprint density at radius 1 is 1.07 bits per heavy atom. The van der Waals surface area contributed by atoms with Crippen molar-refractivity contribution in [2.45, 2.75) is 58.2 Å². The second kappa shape index (κ2) is 15.1. The van der Waals surface area contributed by atoms with E-state index < -0.39 is 12.1 Å². The van der Waals surface area contributed by atoms with Crippen LogP contribution >= 0.6 is 11.6 Å². The van der Waals surface area contributed by atoms with Gasteiger partial charge in [0.25, 0.3) is 0 Å². The van der Waals surface area contributed by atoms with E-state index in [1.165, 1.54) is 0 Å². The molecule has 1 aromatic heterocycles. The van der Waals surface area contributed by atoms with E-state index in [4.69, 9.17) is 21.5 Å². The lowest BCUT2D eigenvalue weighted by molar-refractivity contribution is -0.192. The topological polar surface area (TPSA) is 149 Å². The Balaban J connectivity index is 0.000000617. The molecule has 246 valence electrons. The number of carboxylic acids is 1. The van der Waals surface area contributed by atoms with Crippen LogP contribution < -0.4 is 21.3 Å². The van der Waals surface area contributed by atoms with E-state index >= 15 is 0 Å². The zero-order valence-electron chi connectivity index (χ0n) is 25.2. The second-order valence-corrected chi connectivity index (χ2v) is 11.7.